The van der Waals surface area contributed by atoms with E-state index >= 15 is 0 Å². The standard InChI is InChI=1S/C12H16ClNO2/c13-10-3-1-2-9(6-10)7-11(14)8-12-15-4-5-16-12/h1-3,6,11-12H,4-5,7-8,14H2. The van der Waals surface area contributed by atoms with Crippen molar-refractivity contribution in [1.29, 1.82) is 0 Å². The van der Waals surface area contributed by atoms with Crippen LogP contribution in [-0.2, 0) is 15.9 Å². The quantitative estimate of drug-likeness (QED) is 0.877. The van der Waals surface area contributed by atoms with Crippen molar-refractivity contribution in [1.82, 2.24) is 0 Å². The minimum absolute atomic E-state index is 0.0431. The summed E-state index contributed by atoms with van der Waals surface area (Å²) in [5.41, 5.74) is 7.18. The lowest BCUT2D eigenvalue weighted by Gasteiger charge is -2.15. The zero-order valence-corrected chi connectivity index (χ0v) is 9.82. The number of halogens is 1. The van der Waals surface area contributed by atoms with Gasteiger partial charge in [0.1, 0.15) is 0 Å². The molecule has 1 aliphatic heterocycles. The topological polar surface area (TPSA) is 44.5 Å². The van der Waals surface area contributed by atoms with E-state index in [1.807, 2.05) is 24.3 Å². The average Bonchev–Trinajstić information content (AvgIpc) is 2.70. The molecule has 4 heteroatoms. The highest BCUT2D eigenvalue weighted by Gasteiger charge is 2.19. The van der Waals surface area contributed by atoms with Crippen LogP contribution in [0.25, 0.3) is 0 Å². The molecule has 1 saturated heterocycles. The number of rotatable bonds is 4. The van der Waals surface area contributed by atoms with Gasteiger partial charge in [0.2, 0.25) is 0 Å². The predicted octanol–water partition coefficient (Wildman–Crippen LogP) is 1.97. The fourth-order valence-corrected chi connectivity index (χ4v) is 2.05. The second kappa shape index (κ2) is 5.64. The Labute approximate surface area is 100 Å². The van der Waals surface area contributed by atoms with E-state index in [0.29, 0.717) is 13.2 Å². The Balaban J connectivity index is 1.84. The third-order valence-electron chi connectivity index (χ3n) is 2.57. The molecule has 3 nitrogen and oxygen atoms in total. The number of benzene rings is 1. The Morgan fingerprint density at radius 2 is 2.12 bits per heavy atom. The highest BCUT2D eigenvalue weighted by Crippen LogP contribution is 2.15. The van der Waals surface area contributed by atoms with E-state index in [1.54, 1.807) is 0 Å². The zero-order valence-electron chi connectivity index (χ0n) is 9.06. The first-order chi connectivity index (χ1) is 7.74. The molecule has 0 saturated carbocycles. The van der Waals surface area contributed by atoms with Gasteiger partial charge < -0.3 is 15.2 Å². The van der Waals surface area contributed by atoms with Gasteiger partial charge in [-0.05, 0) is 24.1 Å². The molecule has 16 heavy (non-hydrogen) atoms. The van der Waals surface area contributed by atoms with E-state index in [2.05, 4.69) is 0 Å². The van der Waals surface area contributed by atoms with Crippen molar-refractivity contribution in [2.75, 3.05) is 13.2 Å². The van der Waals surface area contributed by atoms with Crippen LogP contribution in [-0.4, -0.2) is 25.5 Å². The van der Waals surface area contributed by atoms with Crippen LogP contribution >= 0.6 is 11.6 Å². The van der Waals surface area contributed by atoms with E-state index < -0.39 is 0 Å². The van der Waals surface area contributed by atoms with E-state index in [-0.39, 0.29) is 12.3 Å². The molecule has 1 aromatic carbocycles. The summed E-state index contributed by atoms with van der Waals surface area (Å²) >= 11 is 5.91. The second-order valence-electron chi connectivity index (χ2n) is 4.00. The Morgan fingerprint density at radius 3 is 2.81 bits per heavy atom. The minimum atomic E-state index is -0.130. The van der Waals surface area contributed by atoms with Crippen molar-refractivity contribution in [3.63, 3.8) is 0 Å². The van der Waals surface area contributed by atoms with E-state index in [1.165, 1.54) is 0 Å². The minimum Gasteiger partial charge on any atom is -0.350 e. The molecule has 0 bridgehead atoms. The summed E-state index contributed by atoms with van der Waals surface area (Å²) in [5, 5.41) is 0.748. The molecule has 2 N–H and O–H groups in total. The van der Waals surface area contributed by atoms with Gasteiger partial charge in [-0.2, -0.15) is 0 Å². The van der Waals surface area contributed by atoms with Gasteiger partial charge in [0.25, 0.3) is 0 Å². The molecule has 0 aliphatic carbocycles. The highest BCUT2D eigenvalue weighted by molar-refractivity contribution is 6.30. The molecule has 0 radical (unpaired) electrons. The highest BCUT2D eigenvalue weighted by atomic mass is 35.5. The maximum Gasteiger partial charge on any atom is 0.159 e. The van der Waals surface area contributed by atoms with Crippen LogP contribution < -0.4 is 5.73 Å². The van der Waals surface area contributed by atoms with Crippen LogP contribution in [0.5, 0.6) is 0 Å². The molecule has 1 aliphatic rings. The summed E-state index contributed by atoms with van der Waals surface area (Å²) < 4.78 is 10.7. The Kier molecular flexibility index (Phi) is 4.18. The molecule has 0 amide bonds. The van der Waals surface area contributed by atoms with Gasteiger partial charge in [-0.3, -0.25) is 0 Å². The third kappa shape index (κ3) is 3.46. The molecule has 2 rings (SSSR count). The van der Waals surface area contributed by atoms with Gasteiger partial charge >= 0.3 is 0 Å². The normalized spacial score (nSPS) is 18.9. The molecular weight excluding hydrogens is 226 g/mol. The van der Waals surface area contributed by atoms with Gasteiger partial charge in [0.05, 0.1) is 13.2 Å². The van der Waals surface area contributed by atoms with Crippen LogP contribution in [0.2, 0.25) is 5.02 Å². The van der Waals surface area contributed by atoms with Gasteiger partial charge in [-0.25, -0.2) is 0 Å². The summed E-state index contributed by atoms with van der Waals surface area (Å²) in [5.74, 6) is 0. The SMILES string of the molecule is NC(Cc1cccc(Cl)c1)CC1OCCO1. The lowest BCUT2D eigenvalue weighted by atomic mass is 10.0. The van der Waals surface area contributed by atoms with Crippen molar-refractivity contribution in [3.05, 3.63) is 34.9 Å². The summed E-state index contributed by atoms with van der Waals surface area (Å²) in [6, 6.07) is 7.81. The lowest BCUT2D eigenvalue weighted by molar-refractivity contribution is -0.0504. The molecule has 1 atom stereocenters. The van der Waals surface area contributed by atoms with Crippen LogP contribution in [0.4, 0.5) is 0 Å². The number of ether oxygens (including phenoxy) is 2. The first kappa shape index (κ1) is 11.9. The van der Waals surface area contributed by atoms with E-state index in [0.717, 1.165) is 23.4 Å². The van der Waals surface area contributed by atoms with Crippen LogP contribution in [0.1, 0.15) is 12.0 Å². The second-order valence-corrected chi connectivity index (χ2v) is 4.44. The summed E-state index contributed by atoms with van der Waals surface area (Å²) in [7, 11) is 0. The number of nitrogens with two attached hydrogens (primary N) is 1. The molecule has 88 valence electrons. The summed E-state index contributed by atoms with van der Waals surface area (Å²) in [6.45, 7) is 1.35. The Morgan fingerprint density at radius 1 is 1.38 bits per heavy atom. The van der Waals surface area contributed by atoms with Crippen molar-refractivity contribution in [2.45, 2.75) is 25.2 Å². The Hall–Kier alpha value is -0.610. The number of hydrogen-bond donors (Lipinski definition) is 1. The van der Waals surface area contributed by atoms with Gasteiger partial charge in [-0.15, -0.1) is 0 Å². The molecule has 1 fully saturated rings. The third-order valence-corrected chi connectivity index (χ3v) is 2.81. The van der Waals surface area contributed by atoms with Crippen molar-refractivity contribution in [3.8, 4) is 0 Å². The zero-order chi connectivity index (χ0) is 11.4. The van der Waals surface area contributed by atoms with Crippen molar-refractivity contribution < 1.29 is 9.47 Å². The Bertz CT molecular complexity index is 340. The average molecular weight is 242 g/mol. The summed E-state index contributed by atoms with van der Waals surface area (Å²) in [6.07, 6.45) is 1.39. The largest absolute Gasteiger partial charge is 0.350 e. The molecule has 1 aromatic rings. The monoisotopic (exact) mass is 241 g/mol. The molecule has 0 spiro atoms. The fourth-order valence-electron chi connectivity index (χ4n) is 1.84. The maximum atomic E-state index is 6.03. The van der Waals surface area contributed by atoms with Crippen LogP contribution in [0.15, 0.2) is 24.3 Å². The predicted molar refractivity (Wildman–Crippen MR) is 63.4 cm³/mol. The van der Waals surface area contributed by atoms with Crippen molar-refractivity contribution in [2.24, 2.45) is 5.73 Å². The van der Waals surface area contributed by atoms with E-state index in [9.17, 15) is 0 Å². The summed E-state index contributed by atoms with van der Waals surface area (Å²) in [4.78, 5) is 0. The molecule has 0 aromatic heterocycles. The van der Waals surface area contributed by atoms with Gasteiger partial charge in [-0.1, -0.05) is 23.7 Å². The molecule has 1 heterocycles. The van der Waals surface area contributed by atoms with Gasteiger partial charge in [0, 0.05) is 17.5 Å². The van der Waals surface area contributed by atoms with Crippen LogP contribution in [0.3, 0.4) is 0 Å². The smallest absolute Gasteiger partial charge is 0.159 e. The number of hydrogen-bond acceptors (Lipinski definition) is 3. The van der Waals surface area contributed by atoms with E-state index in [4.69, 9.17) is 26.8 Å². The lowest BCUT2D eigenvalue weighted by Crippen LogP contribution is -2.28. The fraction of sp³-hybridized carbons (Fsp3) is 0.500. The maximum absolute atomic E-state index is 6.03. The van der Waals surface area contributed by atoms with Crippen molar-refractivity contribution >= 4 is 11.6 Å². The molecular formula is C12H16ClNO2. The van der Waals surface area contributed by atoms with Crippen LogP contribution in [0, 0.1) is 0 Å². The first-order valence-electron chi connectivity index (χ1n) is 5.47. The van der Waals surface area contributed by atoms with Gasteiger partial charge in [0.15, 0.2) is 6.29 Å². The first-order valence-corrected chi connectivity index (χ1v) is 5.85. The molecule has 1 unspecified atom stereocenters.